The predicted molar refractivity (Wildman–Crippen MR) is 86.5 cm³/mol. The van der Waals surface area contributed by atoms with E-state index in [0.29, 0.717) is 11.7 Å². The van der Waals surface area contributed by atoms with Gasteiger partial charge in [-0.3, -0.25) is 4.79 Å². The van der Waals surface area contributed by atoms with Crippen molar-refractivity contribution in [3.8, 4) is 0 Å². The van der Waals surface area contributed by atoms with Gasteiger partial charge in [0.1, 0.15) is 0 Å². The maximum Gasteiger partial charge on any atom is 0.166 e. The Bertz CT molecular complexity index is 597. The van der Waals surface area contributed by atoms with E-state index < -0.39 is 0 Å². The molecule has 1 saturated carbocycles. The summed E-state index contributed by atoms with van der Waals surface area (Å²) in [6.07, 6.45) is 4.38. The van der Waals surface area contributed by atoms with Crippen LogP contribution in [0.1, 0.15) is 47.7 Å². The zero-order chi connectivity index (χ0) is 14.7. The lowest BCUT2D eigenvalue weighted by atomic mass is 9.89. The van der Waals surface area contributed by atoms with E-state index in [2.05, 4.69) is 43.3 Å². The minimum atomic E-state index is 0.241. The largest absolute Gasteiger partial charge is 0.294 e. The highest BCUT2D eigenvalue weighted by Gasteiger charge is 2.30. The van der Waals surface area contributed by atoms with Gasteiger partial charge in [0, 0.05) is 11.5 Å². The Morgan fingerprint density at radius 2 is 1.62 bits per heavy atom. The number of Topliss-reactive ketones (excluding diaryl/α,β-unsaturated/α-hetero) is 1. The van der Waals surface area contributed by atoms with Gasteiger partial charge in [0.15, 0.2) is 5.78 Å². The van der Waals surface area contributed by atoms with Crippen LogP contribution in [0.3, 0.4) is 0 Å². The first-order chi connectivity index (χ1) is 10.2. The lowest BCUT2D eigenvalue weighted by Crippen LogP contribution is -2.17. The predicted octanol–water partition coefficient (Wildman–Crippen LogP) is 4.90. The van der Waals surface area contributed by atoms with E-state index in [4.69, 9.17) is 0 Å². The quantitative estimate of drug-likeness (QED) is 0.727. The molecule has 2 aromatic carbocycles. The van der Waals surface area contributed by atoms with Crippen LogP contribution in [0, 0.1) is 11.8 Å². The summed E-state index contributed by atoms with van der Waals surface area (Å²) in [4.78, 5) is 12.5. The molecule has 1 heteroatoms. The van der Waals surface area contributed by atoms with E-state index in [0.717, 1.165) is 18.4 Å². The Morgan fingerprint density at radius 3 is 2.24 bits per heavy atom. The Kier molecular flexibility index (Phi) is 4.19. The third-order valence-corrected chi connectivity index (χ3v) is 4.69. The Morgan fingerprint density at radius 1 is 0.952 bits per heavy atom. The molecule has 1 aliphatic rings. The first kappa shape index (κ1) is 14.1. The van der Waals surface area contributed by atoms with Crippen molar-refractivity contribution >= 4 is 5.78 Å². The van der Waals surface area contributed by atoms with Crippen molar-refractivity contribution in [1.29, 1.82) is 0 Å². The van der Waals surface area contributed by atoms with Gasteiger partial charge in [0.05, 0.1) is 0 Å². The van der Waals surface area contributed by atoms with Gasteiger partial charge < -0.3 is 0 Å². The summed E-state index contributed by atoms with van der Waals surface area (Å²) in [5.74, 6) is 1.12. The van der Waals surface area contributed by atoms with E-state index >= 15 is 0 Å². The maximum atomic E-state index is 12.5. The maximum absolute atomic E-state index is 12.5. The number of hydrogen-bond acceptors (Lipinski definition) is 1. The highest BCUT2D eigenvalue weighted by Crippen LogP contribution is 2.33. The van der Waals surface area contributed by atoms with Crippen molar-refractivity contribution in [1.82, 2.24) is 0 Å². The van der Waals surface area contributed by atoms with Crippen LogP contribution < -0.4 is 0 Å². The molecule has 1 fully saturated rings. The number of ketones is 1. The molecule has 1 nitrogen and oxygen atoms in total. The molecule has 0 N–H and O–H groups in total. The molecule has 0 saturated heterocycles. The highest BCUT2D eigenvalue weighted by atomic mass is 16.1. The van der Waals surface area contributed by atoms with Crippen LogP contribution in [0.25, 0.3) is 0 Å². The van der Waals surface area contributed by atoms with E-state index in [1.165, 1.54) is 24.0 Å². The number of benzene rings is 2. The second-order valence-electron chi connectivity index (χ2n) is 6.24. The first-order valence-electron chi connectivity index (χ1n) is 7.91. The molecule has 2 atom stereocenters. The lowest BCUT2D eigenvalue weighted by Gasteiger charge is -2.14. The van der Waals surface area contributed by atoms with Gasteiger partial charge in [-0.15, -0.1) is 0 Å². The molecule has 0 bridgehead atoms. The minimum Gasteiger partial charge on any atom is -0.294 e. The van der Waals surface area contributed by atoms with Crippen LogP contribution in [0.15, 0.2) is 54.6 Å². The Labute approximate surface area is 127 Å². The van der Waals surface area contributed by atoms with Crippen molar-refractivity contribution in [3.63, 3.8) is 0 Å². The number of hydrogen-bond donors (Lipinski definition) is 0. The standard InChI is InChI=1S/C20H22O/c1-15-6-5-9-19(15)20(21)18-12-10-17(11-13-18)14-16-7-3-2-4-8-16/h2-4,7-8,10-13,15,19H,5-6,9,14H2,1H3. The molecule has 2 aromatic rings. The van der Waals surface area contributed by atoms with Crippen molar-refractivity contribution in [3.05, 3.63) is 71.3 Å². The first-order valence-corrected chi connectivity index (χ1v) is 7.91. The lowest BCUT2D eigenvalue weighted by molar-refractivity contribution is 0.0897. The average molecular weight is 278 g/mol. The van der Waals surface area contributed by atoms with Gasteiger partial charge in [-0.05, 0) is 36.3 Å². The molecular weight excluding hydrogens is 256 g/mol. The smallest absolute Gasteiger partial charge is 0.166 e. The third kappa shape index (κ3) is 3.24. The van der Waals surface area contributed by atoms with Crippen molar-refractivity contribution in [2.45, 2.75) is 32.6 Å². The molecular formula is C20H22O. The van der Waals surface area contributed by atoms with Gasteiger partial charge in [0.2, 0.25) is 0 Å². The summed E-state index contributed by atoms with van der Waals surface area (Å²) >= 11 is 0. The fourth-order valence-corrected chi connectivity index (χ4v) is 3.37. The monoisotopic (exact) mass is 278 g/mol. The third-order valence-electron chi connectivity index (χ3n) is 4.69. The van der Waals surface area contributed by atoms with Crippen molar-refractivity contribution < 1.29 is 4.79 Å². The van der Waals surface area contributed by atoms with Gasteiger partial charge in [-0.1, -0.05) is 67.9 Å². The van der Waals surface area contributed by atoms with Gasteiger partial charge in [0.25, 0.3) is 0 Å². The molecule has 21 heavy (non-hydrogen) atoms. The Hall–Kier alpha value is -1.89. The average Bonchev–Trinajstić information content (AvgIpc) is 2.94. The van der Waals surface area contributed by atoms with Crippen LogP contribution >= 0.6 is 0 Å². The molecule has 0 aliphatic heterocycles. The fourth-order valence-electron chi connectivity index (χ4n) is 3.37. The summed E-state index contributed by atoms with van der Waals surface area (Å²) in [6, 6.07) is 18.6. The number of rotatable bonds is 4. The second-order valence-corrected chi connectivity index (χ2v) is 6.24. The summed E-state index contributed by atoms with van der Waals surface area (Å²) in [7, 11) is 0. The molecule has 0 aromatic heterocycles. The second kappa shape index (κ2) is 6.26. The SMILES string of the molecule is CC1CCCC1C(=O)c1ccc(Cc2ccccc2)cc1. The van der Waals surface area contributed by atoms with Crippen LogP contribution in [-0.2, 0) is 6.42 Å². The highest BCUT2D eigenvalue weighted by molar-refractivity contribution is 5.98. The Balaban J connectivity index is 1.70. The number of carbonyl (C=O) groups excluding carboxylic acids is 1. The van der Waals surface area contributed by atoms with Crippen molar-refractivity contribution in [2.75, 3.05) is 0 Å². The fraction of sp³-hybridized carbons (Fsp3) is 0.350. The summed E-state index contributed by atoms with van der Waals surface area (Å²) in [5.41, 5.74) is 3.45. The van der Waals surface area contributed by atoms with Crippen LogP contribution in [0.2, 0.25) is 0 Å². The minimum absolute atomic E-state index is 0.241. The summed E-state index contributed by atoms with van der Waals surface area (Å²) < 4.78 is 0. The zero-order valence-electron chi connectivity index (χ0n) is 12.6. The normalized spacial score (nSPS) is 21.4. The van der Waals surface area contributed by atoms with Crippen LogP contribution in [0.5, 0.6) is 0 Å². The molecule has 108 valence electrons. The van der Waals surface area contributed by atoms with Gasteiger partial charge in [-0.2, -0.15) is 0 Å². The zero-order valence-corrected chi connectivity index (χ0v) is 12.6. The summed E-state index contributed by atoms with van der Waals surface area (Å²) in [5, 5.41) is 0. The molecule has 0 spiro atoms. The van der Waals surface area contributed by atoms with Gasteiger partial charge in [-0.25, -0.2) is 0 Å². The van der Waals surface area contributed by atoms with E-state index in [9.17, 15) is 4.79 Å². The van der Waals surface area contributed by atoms with E-state index in [1.807, 2.05) is 18.2 Å². The summed E-state index contributed by atoms with van der Waals surface area (Å²) in [6.45, 7) is 2.21. The molecule has 1 aliphatic carbocycles. The number of carbonyl (C=O) groups is 1. The van der Waals surface area contributed by atoms with Crippen LogP contribution in [0.4, 0.5) is 0 Å². The molecule has 0 heterocycles. The molecule has 0 radical (unpaired) electrons. The van der Waals surface area contributed by atoms with Gasteiger partial charge >= 0.3 is 0 Å². The molecule has 0 amide bonds. The van der Waals surface area contributed by atoms with E-state index in [1.54, 1.807) is 0 Å². The van der Waals surface area contributed by atoms with Crippen molar-refractivity contribution in [2.24, 2.45) is 11.8 Å². The van der Waals surface area contributed by atoms with Crippen LogP contribution in [-0.4, -0.2) is 5.78 Å². The topological polar surface area (TPSA) is 17.1 Å². The molecule has 3 rings (SSSR count). The van der Waals surface area contributed by atoms with E-state index in [-0.39, 0.29) is 5.92 Å². The molecule has 2 unspecified atom stereocenters.